The normalized spacial score (nSPS) is 10.3. The van der Waals surface area contributed by atoms with Gasteiger partial charge in [0.05, 0.1) is 0 Å². The second-order valence-electron chi connectivity index (χ2n) is 4.97. The van der Waals surface area contributed by atoms with Gasteiger partial charge in [-0.25, -0.2) is 0 Å². The molecule has 1 aromatic heterocycles. The van der Waals surface area contributed by atoms with Gasteiger partial charge in [-0.1, -0.05) is 0 Å². The number of ether oxygens (including phenoxy) is 1. The maximum atomic E-state index is 12.1. The summed E-state index contributed by atoms with van der Waals surface area (Å²) in [5, 5.41) is 9.13. The van der Waals surface area contributed by atoms with E-state index in [0.29, 0.717) is 30.7 Å². The van der Waals surface area contributed by atoms with Crippen LogP contribution in [0.5, 0.6) is 5.75 Å². The second-order valence-corrected chi connectivity index (χ2v) is 5.38. The number of anilines is 4. The Hall–Kier alpha value is -3.02. The van der Waals surface area contributed by atoms with Crippen LogP contribution < -0.4 is 31.5 Å². The third kappa shape index (κ3) is 7.01. The number of hydrazine groups is 1. The smallest absolute Gasteiger partial charge is 0.387 e. The van der Waals surface area contributed by atoms with Gasteiger partial charge in [0.25, 0.3) is 0 Å². The molecule has 1 heterocycles. The minimum Gasteiger partial charge on any atom is -0.435 e. The minimum atomic E-state index is -2.87. The van der Waals surface area contributed by atoms with Crippen molar-refractivity contribution in [2.75, 3.05) is 34.5 Å². The van der Waals surface area contributed by atoms with Crippen LogP contribution in [0.15, 0.2) is 24.3 Å². The molecule has 27 heavy (non-hydrogen) atoms. The molecule has 0 atom stereocenters. The van der Waals surface area contributed by atoms with Crippen molar-refractivity contribution < 1.29 is 13.5 Å². The summed E-state index contributed by atoms with van der Waals surface area (Å²) in [5.41, 5.74) is 6.11. The van der Waals surface area contributed by atoms with E-state index in [4.69, 9.17) is 12.2 Å². The monoisotopic (exact) mass is 398 g/mol. The van der Waals surface area contributed by atoms with Crippen molar-refractivity contribution in [1.29, 1.82) is 0 Å². The van der Waals surface area contributed by atoms with E-state index in [1.54, 1.807) is 12.1 Å². The Kier molecular flexibility index (Phi) is 7.67. The Morgan fingerprint density at radius 1 is 1.00 bits per heavy atom. The predicted octanol–water partition coefficient (Wildman–Crippen LogP) is 2.65. The first-order chi connectivity index (χ1) is 13.0. The molecule has 9 nitrogen and oxygen atoms in total. The molecule has 1 aromatic carbocycles. The van der Waals surface area contributed by atoms with Gasteiger partial charge in [-0.05, 0) is 50.3 Å². The van der Waals surface area contributed by atoms with Gasteiger partial charge >= 0.3 is 6.61 Å². The van der Waals surface area contributed by atoms with Crippen LogP contribution >= 0.6 is 12.2 Å². The highest BCUT2D eigenvalue weighted by molar-refractivity contribution is 7.80. The molecule has 0 fully saturated rings. The molecule has 0 bridgehead atoms. The molecule has 0 aliphatic rings. The van der Waals surface area contributed by atoms with Crippen LogP contribution in [0.2, 0.25) is 0 Å². The van der Waals surface area contributed by atoms with Gasteiger partial charge in [0, 0.05) is 18.8 Å². The van der Waals surface area contributed by atoms with Crippen molar-refractivity contribution >= 4 is 40.9 Å². The summed E-state index contributed by atoms with van der Waals surface area (Å²) in [6, 6.07) is 5.92. The molecule has 0 unspecified atom stereocenters. The maximum Gasteiger partial charge on any atom is 0.387 e. The van der Waals surface area contributed by atoms with E-state index in [1.165, 1.54) is 12.1 Å². The highest BCUT2D eigenvalue weighted by atomic mass is 32.1. The largest absolute Gasteiger partial charge is 0.435 e. The number of aromatic nitrogens is 3. The number of thiocarbonyl (C=S) groups is 1. The number of alkyl halides is 2. The van der Waals surface area contributed by atoms with Gasteiger partial charge in [-0.15, -0.1) is 0 Å². The van der Waals surface area contributed by atoms with Crippen LogP contribution in [-0.2, 0) is 0 Å². The third-order valence-electron chi connectivity index (χ3n) is 2.93. The van der Waals surface area contributed by atoms with Crippen LogP contribution in [0, 0.1) is 0 Å². The summed E-state index contributed by atoms with van der Waals surface area (Å²) in [5.74, 6) is 1.16. The van der Waals surface area contributed by atoms with Crippen molar-refractivity contribution in [2.45, 2.75) is 20.5 Å². The number of nitrogens with one attached hydrogen (secondary N) is 5. The molecule has 2 aromatic rings. The van der Waals surface area contributed by atoms with E-state index in [9.17, 15) is 8.78 Å². The zero-order valence-corrected chi connectivity index (χ0v) is 15.5. The molecular weight excluding hydrogens is 378 g/mol. The molecule has 0 radical (unpaired) electrons. The third-order valence-corrected chi connectivity index (χ3v) is 3.13. The molecule has 5 N–H and O–H groups in total. The van der Waals surface area contributed by atoms with Crippen LogP contribution in [0.3, 0.4) is 0 Å². The molecule has 0 spiro atoms. The second kappa shape index (κ2) is 10.2. The number of hydrogen-bond donors (Lipinski definition) is 5. The van der Waals surface area contributed by atoms with Gasteiger partial charge in [0.2, 0.25) is 17.8 Å². The van der Waals surface area contributed by atoms with E-state index < -0.39 is 6.61 Å². The highest BCUT2D eigenvalue weighted by Gasteiger charge is 2.07. The molecule has 12 heteroatoms. The van der Waals surface area contributed by atoms with Crippen LogP contribution in [0.1, 0.15) is 13.8 Å². The van der Waals surface area contributed by atoms with Crippen molar-refractivity contribution in [3.63, 3.8) is 0 Å². The Morgan fingerprint density at radius 3 is 2.07 bits per heavy atom. The molecule has 0 saturated heterocycles. The van der Waals surface area contributed by atoms with Gasteiger partial charge < -0.3 is 20.7 Å². The average Bonchev–Trinajstić information content (AvgIpc) is 2.62. The Morgan fingerprint density at radius 2 is 1.56 bits per heavy atom. The summed E-state index contributed by atoms with van der Waals surface area (Å²) < 4.78 is 28.6. The lowest BCUT2D eigenvalue weighted by Crippen LogP contribution is -2.34. The Balaban J connectivity index is 1.92. The van der Waals surface area contributed by atoms with Crippen molar-refractivity contribution in [1.82, 2.24) is 20.4 Å². The van der Waals surface area contributed by atoms with E-state index in [0.717, 1.165) is 0 Å². The SMILES string of the molecule is CCNc1nc(NCC)nc(NNC(=S)Nc2ccc(OC(F)F)cc2)n1. The molecule has 2 rings (SSSR count). The fourth-order valence-electron chi connectivity index (χ4n) is 1.90. The van der Waals surface area contributed by atoms with Crippen molar-refractivity contribution in [3.05, 3.63) is 24.3 Å². The van der Waals surface area contributed by atoms with E-state index in [1.807, 2.05) is 13.8 Å². The number of nitrogens with zero attached hydrogens (tertiary/aromatic N) is 3. The van der Waals surface area contributed by atoms with Crippen LogP contribution in [-0.4, -0.2) is 39.8 Å². The maximum absolute atomic E-state index is 12.1. The van der Waals surface area contributed by atoms with Gasteiger partial charge in [-0.3, -0.25) is 10.9 Å². The summed E-state index contributed by atoms with van der Waals surface area (Å²) in [6.07, 6.45) is 0. The van der Waals surface area contributed by atoms with Gasteiger partial charge in [0.1, 0.15) is 5.75 Å². The molecule has 0 aliphatic carbocycles. The topological polar surface area (TPSA) is 108 Å². The molecule has 0 saturated carbocycles. The van der Waals surface area contributed by atoms with E-state index in [-0.39, 0.29) is 16.8 Å². The van der Waals surface area contributed by atoms with Crippen molar-refractivity contribution in [3.8, 4) is 5.75 Å². The number of hydrogen-bond acceptors (Lipinski definition) is 8. The fraction of sp³-hybridized carbons (Fsp3) is 0.333. The minimum absolute atomic E-state index is 0.0599. The summed E-state index contributed by atoms with van der Waals surface area (Å²) >= 11 is 5.17. The lowest BCUT2D eigenvalue weighted by atomic mass is 10.3. The first kappa shape index (κ1) is 20.3. The lowest BCUT2D eigenvalue weighted by Gasteiger charge is -2.13. The zero-order chi connectivity index (χ0) is 19.6. The van der Waals surface area contributed by atoms with Crippen LogP contribution in [0.25, 0.3) is 0 Å². The highest BCUT2D eigenvalue weighted by Crippen LogP contribution is 2.17. The summed E-state index contributed by atoms with van der Waals surface area (Å²) in [7, 11) is 0. The molecular formula is C15H20F2N8OS. The Bertz CT molecular complexity index is 723. The van der Waals surface area contributed by atoms with E-state index in [2.05, 4.69) is 46.5 Å². The first-order valence-corrected chi connectivity index (χ1v) is 8.52. The standard InChI is InChI=1S/C15H20F2N8OS/c1-3-18-12-21-13(19-4-2)23-14(22-12)24-25-15(27)20-9-5-7-10(8-6-9)26-11(16)17/h5-8,11H,3-4H2,1-2H3,(H2,20,25,27)(H3,18,19,21,22,23,24). The molecule has 146 valence electrons. The van der Waals surface area contributed by atoms with Crippen molar-refractivity contribution in [2.24, 2.45) is 0 Å². The van der Waals surface area contributed by atoms with Gasteiger partial charge in [0.15, 0.2) is 5.11 Å². The Labute approximate surface area is 160 Å². The molecule has 0 amide bonds. The fourth-order valence-corrected chi connectivity index (χ4v) is 2.07. The van der Waals surface area contributed by atoms with Crippen LogP contribution in [0.4, 0.5) is 32.3 Å². The quantitative estimate of drug-likeness (QED) is 0.319. The van der Waals surface area contributed by atoms with Gasteiger partial charge in [-0.2, -0.15) is 23.7 Å². The number of rotatable bonds is 9. The zero-order valence-electron chi connectivity index (χ0n) is 14.7. The number of halogens is 2. The summed E-state index contributed by atoms with van der Waals surface area (Å²) in [6.45, 7) is 2.31. The molecule has 0 aliphatic heterocycles. The summed E-state index contributed by atoms with van der Waals surface area (Å²) in [4.78, 5) is 12.6. The lowest BCUT2D eigenvalue weighted by molar-refractivity contribution is -0.0498. The van der Waals surface area contributed by atoms with E-state index >= 15 is 0 Å². The average molecular weight is 398 g/mol. The number of benzene rings is 1. The first-order valence-electron chi connectivity index (χ1n) is 8.11. The predicted molar refractivity (Wildman–Crippen MR) is 104 cm³/mol.